The molecule has 1 aliphatic carbocycles. The van der Waals surface area contributed by atoms with Crippen LogP contribution in [0.25, 0.3) is 6.08 Å². The minimum absolute atomic E-state index is 0. The first kappa shape index (κ1) is 28.9. The molecule has 8 heteroatoms. The zero-order valence-electron chi connectivity index (χ0n) is 17.5. The van der Waals surface area contributed by atoms with Crippen molar-refractivity contribution in [2.24, 2.45) is 0 Å². The van der Waals surface area contributed by atoms with Crippen LogP contribution in [0, 0.1) is 6.07 Å². The van der Waals surface area contributed by atoms with Crippen LogP contribution >= 0.6 is 0 Å². The van der Waals surface area contributed by atoms with Crippen molar-refractivity contribution in [3.05, 3.63) is 65.2 Å². The van der Waals surface area contributed by atoms with Crippen molar-refractivity contribution in [1.29, 1.82) is 0 Å². The zero-order valence-corrected chi connectivity index (χ0v) is 21.5. The van der Waals surface area contributed by atoms with Gasteiger partial charge in [0.25, 0.3) is 0 Å². The van der Waals surface area contributed by atoms with Crippen LogP contribution in [0.15, 0.2) is 42.5 Å². The Balaban J connectivity index is 0.00000280. The Kier molecular flexibility index (Phi) is 13.5. The van der Waals surface area contributed by atoms with Gasteiger partial charge in [0.2, 0.25) is 0 Å². The largest absolute Gasteiger partial charge is 1.00 e. The third kappa shape index (κ3) is 7.85. The van der Waals surface area contributed by atoms with Gasteiger partial charge in [-0.2, -0.15) is 0 Å². The van der Waals surface area contributed by atoms with Crippen molar-refractivity contribution in [3.8, 4) is 11.5 Å². The van der Waals surface area contributed by atoms with Gasteiger partial charge in [0.15, 0.2) is 5.78 Å². The molecule has 1 N–H and O–H groups in total. The van der Waals surface area contributed by atoms with Gasteiger partial charge in [-0.05, 0) is 50.0 Å². The van der Waals surface area contributed by atoms with Crippen LogP contribution in [0.5, 0.6) is 11.5 Å². The van der Waals surface area contributed by atoms with Crippen molar-refractivity contribution in [2.45, 2.75) is 31.8 Å². The number of carbonyl (C=O) groups is 2. The molecule has 0 atom stereocenters. The summed E-state index contributed by atoms with van der Waals surface area (Å²) in [6, 6.07) is 12.2. The number of esters is 1. The normalized spacial score (nSPS) is 13.0. The summed E-state index contributed by atoms with van der Waals surface area (Å²) in [5, 5.41) is 12.4. The van der Waals surface area contributed by atoms with Crippen LogP contribution in [-0.4, -0.2) is 30.4 Å². The number of benzene rings is 2. The number of methoxy groups -OCH3 is 1. The average Bonchev–Trinajstić information content (AvgIpc) is 3.19. The van der Waals surface area contributed by atoms with Crippen molar-refractivity contribution in [2.75, 3.05) is 7.11 Å². The number of carbonyl (C=O) groups excluding carboxylic acids is 2. The Labute approximate surface area is 220 Å². The van der Waals surface area contributed by atoms with E-state index in [1.54, 1.807) is 24.3 Å². The van der Waals surface area contributed by atoms with Crippen molar-refractivity contribution in [3.63, 3.8) is 0 Å². The summed E-state index contributed by atoms with van der Waals surface area (Å²) in [7, 11) is 1.28. The second-order valence-electron chi connectivity index (χ2n) is 6.40. The first-order valence-electron chi connectivity index (χ1n) is 8.87. The van der Waals surface area contributed by atoms with Crippen LogP contribution in [0.1, 0.15) is 47.2 Å². The molecule has 0 saturated heterocycles. The van der Waals surface area contributed by atoms with E-state index in [4.69, 9.17) is 4.74 Å². The second kappa shape index (κ2) is 14.0. The number of ether oxygens (including phenoxy) is 2. The first-order valence-corrected chi connectivity index (χ1v) is 8.87. The molecule has 0 bridgehead atoms. The Morgan fingerprint density at radius 3 is 2.47 bits per heavy atom. The number of rotatable bonds is 6. The van der Waals surface area contributed by atoms with E-state index < -0.39 is 5.97 Å². The van der Waals surface area contributed by atoms with E-state index in [-0.39, 0.29) is 87.8 Å². The summed E-state index contributed by atoms with van der Waals surface area (Å²) in [6.07, 6.45) is 7.17. The predicted octanol–water partition coefficient (Wildman–Crippen LogP) is -2.87. The van der Waals surface area contributed by atoms with Gasteiger partial charge in [-0.25, -0.2) is 4.79 Å². The molecule has 1 aliphatic rings. The van der Waals surface area contributed by atoms with Gasteiger partial charge >= 0.3 is 65.1 Å². The predicted molar refractivity (Wildman–Crippen MR) is 100 cm³/mol. The number of ketones is 1. The minimum Gasteiger partial charge on any atom is -0.872 e. The topological polar surface area (TPSA) is 106 Å². The Bertz CT molecular complexity index is 876. The van der Waals surface area contributed by atoms with E-state index in [1.807, 2.05) is 0 Å². The first-order chi connectivity index (χ1) is 13.1. The molecule has 148 valence electrons. The van der Waals surface area contributed by atoms with Gasteiger partial charge in [-0.15, -0.1) is 35.9 Å². The number of hydrogen-bond donors (Lipinski definition) is 0. The fourth-order valence-electron chi connectivity index (χ4n) is 3.07. The molecule has 0 radical (unpaired) electrons. The van der Waals surface area contributed by atoms with Gasteiger partial charge in [0.05, 0.1) is 13.2 Å². The SMILES string of the molecule is COC(=O)/C=C/c1[c-]ccc(C(=O)c2ccc(OC3CCCC3)cc2[O-])c1.[Na+].[Na+].[OH-]. The molecule has 30 heavy (non-hydrogen) atoms. The maximum absolute atomic E-state index is 12.7. The molecule has 0 heterocycles. The molecular formula is C22H21Na2O6-. The van der Waals surface area contributed by atoms with Crippen LogP contribution < -0.4 is 69.0 Å². The molecule has 0 aromatic heterocycles. The van der Waals surface area contributed by atoms with Crippen LogP contribution in [-0.2, 0) is 9.53 Å². The fourth-order valence-corrected chi connectivity index (χ4v) is 3.07. The van der Waals surface area contributed by atoms with E-state index in [0.29, 0.717) is 16.9 Å². The van der Waals surface area contributed by atoms with Gasteiger partial charge in [-0.1, -0.05) is 11.3 Å². The summed E-state index contributed by atoms with van der Waals surface area (Å²) in [5.74, 6) is -0.740. The molecule has 1 fully saturated rings. The van der Waals surface area contributed by atoms with Crippen molar-refractivity contribution >= 4 is 17.8 Å². The van der Waals surface area contributed by atoms with Gasteiger partial charge < -0.3 is 20.1 Å². The standard InChI is InChI=1S/C22H21O5.2Na.H2O/c1-26-21(24)12-9-15-5-4-6-16(13-15)22(25)19-11-10-18(14-20(19)23)27-17-7-2-3-8-17;;;/h4,6,9-14,17,23H,2-3,7-8H2,1H3;;;1H2/q-1;2*+1;/p-2/b12-9+;;;. The fraction of sp³-hybridized carbons (Fsp3) is 0.273. The molecule has 0 spiro atoms. The van der Waals surface area contributed by atoms with Crippen LogP contribution in [0.2, 0.25) is 0 Å². The molecule has 1 saturated carbocycles. The maximum atomic E-state index is 12.7. The zero-order chi connectivity index (χ0) is 19.2. The van der Waals surface area contributed by atoms with Crippen molar-refractivity contribution < 1.29 is 88.8 Å². The Morgan fingerprint density at radius 2 is 1.83 bits per heavy atom. The van der Waals surface area contributed by atoms with Crippen LogP contribution in [0.4, 0.5) is 0 Å². The third-order valence-electron chi connectivity index (χ3n) is 4.49. The summed E-state index contributed by atoms with van der Waals surface area (Å²) < 4.78 is 10.3. The Morgan fingerprint density at radius 1 is 1.13 bits per heavy atom. The van der Waals surface area contributed by atoms with Gasteiger partial charge in [0.1, 0.15) is 5.75 Å². The van der Waals surface area contributed by atoms with Gasteiger partial charge in [-0.3, -0.25) is 4.79 Å². The van der Waals surface area contributed by atoms with E-state index in [1.165, 1.54) is 31.4 Å². The molecule has 0 aliphatic heterocycles. The van der Waals surface area contributed by atoms with E-state index >= 15 is 0 Å². The number of hydrogen-bond acceptors (Lipinski definition) is 6. The monoisotopic (exact) mass is 427 g/mol. The molecule has 0 unspecified atom stereocenters. The summed E-state index contributed by atoms with van der Waals surface area (Å²) in [6.45, 7) is 0. The van der Waals surface area contributed by atoms with Gasteiger partial charge in [0, 0.05) is 5.56 Å². The summed E-state index contributed by atoms with van der Waals surface area (Å²) in [5.41, 5.74) is 0.975. The molecule has 2 aromatic rings. The smallest absolute Gasteiger partial charge is 0.872 e. The molecule has 0 amide bonds. The van der Waals surface area contributed by atoms with E-state index in [9.17, 15) is 14.7 Å². The van der Waals surface area contributed by atoms with E-state index in [2.05, 4.69) is 10.8 Å². The quantitative estimate of drug-likeness (QED) is 0.161. The molecule has 3 rings (SSSR count). The summed E-state index contributed by atoms with van der Waals surface area (Å²) >= 11 is 0. The van der Waals surface area contributed by atoms with Crippen LogP contribution in [0.3, 0.4) is 0 Å². The molecular weight excluding hydrogens is 406 g/mol. The second-order valence-corrected chi connectivity index (χ2v) is 6.40. The van der Waals surface area contributed by atoms with E-state index in [0.717, 1.165) is 25.7 Å². The van der Waals surface area contributed by atoms with Crippen molar-refractivity contribution in [1.82, 2.24) is 0 Å². The summed E-state index contributed by atoms with van der Waals surface area (Å²) in [4.78, 5) is 23.9. The average molecular weight is 427 g/mol. The third-order valence-corrected chi connectivity index (χ3v) is 4.49. The Hall–Kier alpha value is -1.12. The minimum atomic E-state index is -0.500. The molecule has 2 aromatic carbocycles. The molecule has 6 nitrogen and oxygen atoms in total. The maximum Gasteiger partial charge on any atom is 1.00 e.